The maximum atomic E-state index is 10.4. The van der Waals surface area contributed by atoms with E-state index in [0.717, 1.165) is 9.35 Å². The number of rotatable bonds is 3. The fourth-order valence-electron chi connectivity index (χ4n) is 0.674. The number of halogens is 1. The third-order valence-electron chi connectivity index (χ3n) is 1.32. The molecule has 3 N–H and O–H groups in total. The fourth-order valence-corrected chi connectivity index (χ4v) is 1.97. The van der Waals surface area contributed by atoms with E-state index in [1.165, 1.54) is 11.5 Å². The van der Waals surface area contributed by atoms with Gasteiger partial charge in [-0.15, -0.1) is 0 Å². The molecular weight excluding hydrogens is 244 g/mol. The molecule has 6 heteroatoms. The second-order valence-electron chi connectivity index (χ2n) is 2.25. The van der Waals surface area contributed by atoms with Crippen LogP contribution in [0.4, 0.5) is 0 Å². The Bertz CT molecular complexity index is 289. The molecule has 0 bridgehead atoms. The quantitative estimate of drug-likeness (QED) is 0.835. The van der Waals surface area contributed by atoms with Gasteiger partial charge >= 0.3 is 5.97 Å². The maximum Gasteiger partial charge on any atom is 0.320 e. The Morgan fingerprint density at radius 2 is 2.58 bits per heavy atom. The Labute approximate surface area is 81.7 Å². The molecule has 12 heavy (non-hydrogen) atoms. The first-order valence-corrected chi connectivity index (χ1v) is 4.75. The van der Waals surface area contributed by atoms with Crippen LogP contribution in [0.3, 0.4) is 0 Å². The van der Waals surface area contributed by atoms with Crippen LogP contribution < -0.4 is 5.73 Å². The minimum Gasteiger partial charge on any atom is -0.480 e. The van der Waals surface area contributed by atoms with Crippen LogP contribution in [0.15, 0.2) is 10.7 Å². The van der Waals surface area contributed by atoms with E-state index in [2.05, 4.69) is 20.3 Å². The van der Waals surface area contributed by atoms with E-state index >= 15 is 0 Å². The van der Waals surface area contributed by atoms with E-state index in [1.54, 1.807) is 6.20 Å². The molecule has 0 saturated heterocycles. The minimum absolute atomic E-state index is 0.320. The molecule has 0 fully saturated rings. The summed E-state index contributed by atoms with van der Waals surface area (Å²) in [5.41, 5.74) is 5.34. The standard InChI is InChI=1S/C6H7BrN2O2S/c7-3-2-9-12-5(3)1-4(8)6(10)11/h2,4H,1,8H2,(H,10,11)/t4-/m1/s1. The van der Waals surface area contributed by atoms with Gasteiger partial charge in [0.1, 0.15) is 6.04 Å². The summed E-state index contributed by atoms with van der Waals surface area (Å²) in [5.74, 6) is -0.990. The van der Waals surface area contributed by atoms with Gasteiger partial charge in [0.2, 0.25) is 0 Å². The van der Waals surface area contributed by atoms with Crippen molar-refractivity contribution in [1.29, 1.82) is 0 Å². The van der Waals surface area contributed by atoms with Crippen LogP contribution in [-0.4, -0.2) is 21.5 Å². The summed E-state index contributed by atoms with van der Waals surface area (Å²) in [7, 11) is 0. The zero-order chi connectivity index (χ0) is 9.14. The molecular formula is C6H7BrN2O2S. The molecule has 0 aromatic carbocycles. The van der Waals surface area contributed by atoms with Crippen molar-refractivity contribution >= 4 is 33.4 Å². The average molecular weight is 251 g/mol. The summed E-state index contributed by atoms with van der Waals surface area (Å²) in [6, 6.07) is -0.846. The number of carbonyl (C=O) groups is 1. The number of aromatic nitrogens is 1. The van der Waals surface area contributed by atoms with Crippen molar-refractivity contribution < 1.29 is 9.90 Å². The van der Waals surface area contributed by atoms with Gasteiger partial charge in [-0.05, 0) is 27.5 Å². The SMILES string of the molecule is N[C@H](Cc1sncc1Br)C(=O)O. The molecule has 1 aromatic rings. The van der Waals surface area contributed by atoms with Gasteiger partial charge in [0.25, 0.3) is 0 Å². The van der Waals surface area contributed by atoms with Crippen molar-refractivity contribution in [2.75, 3.05) is 0 Å². The second-order valence-corrected chi connectivity index (χ2v) is 3.99. The lowest BCUT2D eigenvalue weighted by Crippen LogP contribution is -2.31. The van der Waals surface area contributed by atoms with Gasteiger partial charge in [0.15, 0.2) is 0 Å². The van der Waals surface area contributed by atoms with Crippen LogP contribution >= 0.6 is 27.5 Å². The van der Waals surface area contributed by atoms with E-state index in [9.17, 15) is 4.79 Å². The van der Waals surface area contributed by atoms with Crippen LogP contribution in [0.25, 0.3) is 0 Å². The first kappa shape index (κ1) is 9.63. The smallest absolute Gasteiger partial charge is 0.320 e. The number of nitrogens with two attached hydrogens (primary N) is 1. The summed E-state index contributed by atoms with van der Waals surface area (Å²) in [6.07, 6.45) is 1.95. The van der Waals surface area contributed by atoms with Gasteiger partial charge in [0.05, 0.1) is 10.7 Å². The zero-order valence-corrected chi connectivity index (χ0v) is 8.43. The van der Waals surface area contributed by atoms with E-state index in [0.29, 0.717) is 6.42 Å². The van der Waals surface area contributed by atoms with Crippen LogP contribution in [0, 0.1) is 0 Å². The number of hydrogen-bond acceptors (Lipinski definition) is 4. The van der Waals surface area contributed by atoms with Gasteiger partial charge in [-0.3, -0.25) is 4.79 Å². The lowest BCUT2D eigenvalue weighted by molar-refractivity contribution is -0.138. The molecule has 0 amide bonds. The number of nitrogens with zero attached hydrogens (tertiary/aromatic N) is 1. The molecule has 1 aromatic heterocycles. The predicted octanol–water partition coefficient (Wildman–Crippen LogP) is 0.860. The first-order valence-electron chi connectivity index (χ1n) is 3.18. The molecule has 0 unspecified atom stereocenters. The van der Waals surface area contributed by atoms with E-state index in [1.807, 2.05) is 0 Å². The zero-order valence-electron chi connectivity index (χ0n) is 6.03. The van der Waals surface area contributed by atoms with Gasteiger partial charge in [-0.2, -0.15) is 4.37 Å². The lowest BCUT2D eigenvalue weighted by Gasteiger charge is -2.02. The highest BCUT2D eigenvalue weighted by atomic mass is 79.9. The third-order valence-corrected chi connectivity index (χ3v) is 3.08. The van der Waals surface area contributed by atoms with Crippen molar-refractivity contribution in [1.82, 2.24) is 4.37 Å². The van der Waals surface area contributed by atoms with E-state index in [-0.39, 0.29) is 0 Å². The van der Waals surface area contributed by atoms with Gasteiger partial charge in [-0.1, -0.05) is 0 Å². The number of hydrogen-bond donors (Lipinski definition) is 2. The summed E-state index contributed by atoms with van der Waals surface area (Å²) in [6.45, 7) is 0. The predicted molar refractivity (Wildman–Crippen MR) is 49.1 cm³/mol. The minimum atomic E-state index is -0.990. The van der Waals surface area contributed by atoms with Crippen molar-refractivity contribution in [3.8, 4) is 0 Å². The molecule has 66 valence electrons. The molecule has 1 rings (SSSR count). The maximum absolute atomic E-state index is 10.4. The van der Waals surface area contributed by atoms with Crippen molar-refractivity contribution in [3.05, 3.63) is 15.5 Å². The van der Waals surface area contributed by atoms with Crippen molar-refractivity contribution in [2.24, 2.45) is 5.73 Å². The second kappa shape index (κ2) is 3.97. The highest BCUT2D eigenvalue weighted by molar-refractivity contribution is 9.10. The van der Waals surface area contributed by atoms with Crippen LogP contribution in [-0.2, 0) is 11.2 Å². The monoisotopic (exact) mass is 250 g/mol. The van der Waals surface area contributed by atoms with Gasteiger partial charge in [0, 0.05) is 11.3 Å². The van der Waals surface area contributed by atoms with Crippen LogP contribution in [0.1, 0.15) is 4.88 Å². The molecule has 4 nitrogen and oxygen atoms in total. The highest BCUT2D eigenvalue weighted by Gasteiger charge is 2.14. The number of carboxylic acids is 1. The van der Waals surface area contributed by atoms with Gasteiger partial charge < -0.3 is 10.8 Å². The average Bonchev–Trinajstić information content (AvgIpc) is 2.36. The number of aliphatic carboxylic acids is 1. The van der Waals surface area contributed by atoms with Crippen molar-refractivity contribution in [2.45, 2.75) is 12.5 Å². The molecule has 0 aliphatic heterocycles. The molecule has 0 radical (unpaired) electrons. The Balaban J connectivity index is 2.64. The first-order chi connectivity index (χ1) is 5.61. The van der Waals surface area contributed by atoms with E-state index in [4.69, 9.17) is 10.8 Å². The lowest BCUT2D eigenvalue weighted by atomic mass is 10.2. The van der Waals surface area contributed by atoms with Crippen LogP contribution in [0.2, 0.25) is 0 Å². The number of carboxylic acid groups (broad SMARTS) is 1. The topological polar surface area (TPSA) is 76.2 Å². The Morgan fingerprint density at radius 3 is 3.00 bits per heavy atom. The Morgan fingerprint density at radius 1 is 1.92 bits per heavy atom. The summed E-state index contributed by atoms with van der Waals surface area (Å²) in [4.78, 5) is 11.2. The molecule has 1 atom stereocenters. The van der Waals surface area contributed by atoms with Crippen LogP contribution in [0.5, 0.6) is 0 Å². The summed E-state index contributed by atoms with van der Waals surface area (Å²) >= 11 is 4.50. The summed E-state index contributed by atoms with van der Waals surface area (Å²) < 4.78 is 4.70. The molecule has 0 saturated carbocycles. The normalized spacial score (nSPS) is 12.8. The van der Waals surface area contributed by atoms with Crippen molar-refractivity contribution in [3.63, 3.8) is 0 Å². The Hall–Kier alpha value is -0.460. The molecule has 1 heterocycles. The molecule has 0 aliphatic rings. The fraction of sp³-hybridized carbons (Fsp3) is 0.333. The molecule has 0 aliphatic carbocycles. The van der Waals surface area contributed by atoms with E-state index < -0.39 is 12.0 Å². The summed E-state index contributed by atoms with van der Waals surface area (Å²) in [5, 5.41) is 8.52. The Kier molecular flexibility index (Phi) is 3.19. The van der Waals surface area contributed by atoms with Gasteiger partial charge in [-0.25, -0.2) is 0 Å². The third kappa shape index (κ3) is 2.26. The highest BCUT2D eigenvalue weighted by Crippen LogP contribution is 2.20. The molecule has 0 spiro atoms. The largest absolute Gasteiger partial charge is 0.480 e.